The number of carbonyl (C=O) groups excluding carboxylic acids is 3. The maximum atomic E-state index is 12.3. The summed E-state index contributed by atoms with van der Waals surface area (Å²) in [6, 6.07) is 14.9. The summed E-state index contributed by atoms with van der Waals surface area (Å²) in [4.78, 5) is 35.6. The Balaban J connectivity index is 1.47. The van der Waals surface area contributed by atoms with Gasteiger partial charge in [0.25, 0.3) is 15.9 Å². The molecule has 2 N–H and O–H groups in total. The number of nitrogens with one attached hydrogen (secondary N) is 2. The van der Waals surface area contributed by atoms with Crippen molar-refractivity contribution in [1.82, 2.24) is 5.32 Å². The average Bonchev–Trinajstić information content (AvgIpc) is 3.28. The minimum atomic E-state index is -3.79. The molecule has 0 fully saturated rings. The highest BCUT2D eigenvalue weighted by molar-refractivity contribution is 7.94. The molecule has 0 saturated heterocycles. The summed E-state index contributed by atoms with van der Waals surface area (Å²) in [6.45, 7) is -0.311. The molecule has 178 valence electrons. The van der Waals surface area contributed by atoms with Gasteiger partial charge in [-0.05, 0) is 54.1 Å². The molecule has 0 radical (unpaired) electrons. The van der Waals surface area contributed by atoms with Crippen LogP contribution in [0.4, 0.5) is 5.69 Å². The van der Waals surface area contributed by atoms with E-state index in [9.17, 15) is 22.8 Å². The van der Waals surface area contributed by atoms with Crippen LogP contribution < -0.4 is 10.0 Å². The molecule has 0 bridgehead atoms. The Morgan fingerprint density at radius 1 is 0.912 bits per heavy atom. The van der Waals surface area contributed by atoms with Crippen LogP contribution in [0.5, 0.6) is 0 Å². The van der Waals surface area contributed by atoms with E-state index in [2.05, 4.69) is 14.8 Å². The van der Waals surface area contributed by atoms with E-state index in [1.807, 2.05) is 0 Å². The molecule has 0 saturated carbocycles. The van der Waals surface area contributed by atoms with E-state index in [1.54, 1.807) is 24.3 Å². The Hall–Kier alpha value is -3.41. The third-order valence-corrected chi connectivity index (χ3v) is 7.49. The topological polar surface area (TPSA) is 128 Å². The van der Waals surface area contributed by atoms with Crippen molar-refractivity contribution in [2.75, 3.05) is 18.4 Å². The number of benzene rings is 2. The summed E-state index contributed by atoms with van der Waals surface area (Å²) in [5, 5.41) is 2.60. The van der Waals surface area contributed by atoms with E-state index in [0.29, 0.717) is 9.90 Å². The van der Waals surface area contributed by atoms with Crippen LogP contribution in [-0.4, -0.2) is 40.0 Å². The van der Waals surface area contributed by atoms with Crippen molar-refractivity contribution >= 4 is 56.5 Å². The zero-order chi connectivity index (χ0) is 24.7. The SMILES string of the molecule is COC(=O)c1ccc(CNC(=O)COC(=O)c2ccc(NS(=O)(=O)c3ccc(Cl)s3)cc2)cc1. The van der Waals surface area contributed by atoms with Crippen LogP contribution in [0.25, 0.3) is 0 Å². The molecule has 3 rings (SSSR count). The average molecular weight is 523 g/mol. The number of sulfonamides is 1. The van der Waals surface area contributed by atoms with Crippen LogP contribution >= 0.6 is 22.9 Å². The van der Waals surface area contributed by atoms with Gasteiger partial charge in [-0.2, -0.15) is 0 Å². The number of ether oxygens (including phenoxy) is 2. The van der Waals surface area contributed by atoms with Crippen molar-refractivity contribution in [3.63, 3.8) is 0 Å². The van der Waals surface area contributed by atoms with E-state index < -0.39 is 34.5 Å². The number of rotatable bonds is 9. The van der Waals surface area contributed by atoms with Crippen LogP contribution in [0, 0.1) is 0 Å². The third-order valence-electron chi connectivity index (χ3n) is 4.39. The van der Waals surface area contributed by atoms with Gasteiger partial charge >= 0.3 is 11.9 Å². The minimum Gasteiger partial charge on any atom is -0.465 e. The lowest BCUT2D eigenvalue weighted by Crippen LogP contribution is -2.28. The molecule has 2 aromatic carbocycles. The predicted molar refractivity (Wildman–Crippen MR) is 126 cm³/mol. The summed E-state index contributed by atoms with van der Waals surface area (Å²) in [7, 11) is -2.50. The lowest BCUT2D eigenvalue weighted by Gasteiger charge is -2.09. The van der Waals surface area contributed by atoms with Gasteiger partial charge in [0.2, 0.25) is 0 Å². The van der Waals surface area contributed by atoms with Crippen molar-refractivity contribution in [1.29, 1.82) is 0 Å². The molecule has 0 aliphatic heterocycles. The van der Waals surface area contributed by atoms with Crippen LogP contribution in [0.1, 0.15) is 26.3 Å². The Morgan fingerprint density at radius 3 is 2.12 bits per heavy atom. The van der Waals surface area contributed by atoms with E-state index in [-0.39, 0.29) is 22.0 Å². The van der Waals surface area contributed by atoms with E-state index >= 15 is 0 Å². The molecule has 0 spiro atoms. The highest BCUT2D eigenvalue weighted by Crippen LogP contribution is 2.27. The lowest BCUT2D eigenvalue weighted by molar-refractivity contribution is -0.124. The first-order chi connectivity index (χ1) is 16.2. The van der Waals surface area contributed by atoms with Crippen molar-refractivity contribution in [2.24, 2.45) is 0 Å². The number of carbonyl (C=O) groups is 3. The zero-order valence-electron chi connectivity index (χ0n) is 17.7. The van der Waals surface area contributed by atoms with Gasteiger partial charge < -0.3 is 14.8 Å². The fourth-order valence-electron chi connectivity index (χ4n) is 2.66. The molecule has 0 unspecified atom stereocenters. The number of amides is 1. The predicted octanol–water partition coefficient (Wildman–Crippen LogP) is 3.46. The molecule has 1 amide bonds. The zero-order valence-corrected chi connectivity index (χ0v) is 20.1. The van der Waals surface area contributed by atoms with Crippen molar-refractivity contribution in [3.05, 3.63) is 81.7 Å². The van der Waals surface area contributed by atoms with Gasteiger partial charge in [-0.3, -0.25) is 9.52 Å². The molecule has 34 heavy (non-hydrogen) atoms. The molecule has 3 aromatic rings. The Kier molecular flexibility index (Phi) is 8.26. The number of halogens is 1. The second kappa shape index (κ2) is 11.1. The highest BCUT2D eigenvalue weighted by atomic mass is 35.5. The number of esters is 2. The van der Waals surface area contributed by atoms with E-state index in [1.165, 1.54) is 43.5 Å². The number of hydrogen-bond donors (Lipinski definition) is 2. The maximum absolute atomic E-state index is 12.3. The smallest absolute Gasteiger partial charge is 0.338 e. The van der Waals surface area contributed by atoms with E-state index in [0.717, 1.165) is 16.9 Å². The monoisotopic (exact) mass is 522 g/mol. The molecule has 0 aliphatic rings. The number of thiophene rings is 1. The van der Waals surface area contributed by atoms with E-state index in [4.69, 9.17) is 16.3 Å². The molecular formula is C22H19ClN2O7S2. The van der Waals surface area contributed by atoms with Crippen LogP contribution in [0.2, 0.25) is 4.34 Å². The van der Waals surface area contributed by atoms with Crippen LogP contribution in [-0.2, 0) is 30.8 Å². The summed E-state index contributed by atoms with van der Waals surface area (Å²) in [5.41, 5.74) is 1.53. The summed E-state index contributed by atoms with van der Waals surface area (Å²) in [5.74, 6) is -1.71. The lowest BCUT2D eigenvalue weighted by atomic mass is 10.1. The first kappa shape index (κ1) is 25.2. The third kappa shape index (κ3) is 6.80. The minimum absolute atomic E-state index is 0.0615. The normalized spacial score (nSPS) is 10.9. The molecule has 0 aliphatic carbocycles. The summed E-state index contributed by atoms with van der Waals surface area (Å²) >= 11 is 6.70. The Labute approximate surface area is 204 Å². The van der Waals surface area contributed by atoms with Gasteiger partial charge in [0.1, 0.15) is 4.21 Å². The van der Waals surface area contributed by atoms with Gasteiger partial charge in [-0.1, -0.05) is 23.7 Å². The van der Waals surface area contributed by atoms with Gasteiger partial charge in [0, 0.05) is 12.2 Å². The van der Waals surface area contributed by atoms with Crippen molar-refractivity contribution < 1.29 is 32.3 Å². The standard InChI is InChI=1S/C22H19ClN2O7S2/c1-31-21(27)15-4-2-14(3-5-15)12-24-19(26)13-32-22(28)16-6-8-17(9-7-16)25-34(29,30)20-11-10-18(23)33-20/h2-11,25H,12-13H2,1H3,(H,24,26). The second-order valence-corrected chi connectivity index (χ2v) is 10.4. The molecule has 9 nitrogen and oxygen atoms in total. The molecule has 0 atom stereocenters. The van der Waals surface area contributed by atoms with Gasteiger partial charge in [-0.25, -0.2) is 18.0 Å². The summed E-state index contributed by atoms with van der Waals surface area (Å²) in [6.07, 6.45) is 0. The van der Waals surface area contributed by atoms with Gasteiger partial charge in [-0.15, -0.1) is 11.3 Å². The van der Waals surface area contributed by atoms with Gasteiger partial charge in [0.15, 0.2) is 6.61 Å². The quantitative estimate of drug-likeness (QED) is 0.412. The van der Waals surface area contributed by atoms with Gasteiger partial charge in [0.05, 0.1) is 22.6 Å². The molecule has 1 heterocycles. The molecule has 1 aromatic heterocycles. The number of anilines is 1. The molecular weight excluding hydrogens is 504 g/mol. The number of methoxy groups -OCH3 is 1. The Bertz CT molecular complexity index is 1290. The largest absolute Gasteiger partial charge is 0.465 e. The van der Waals surface area contributed by atoms with Crippen LogP contribution in [0.15, 0.2) is 64.9 Å². The highest BCUT2D eigenvalue weighted by Gasteiger charge is 2.17. The van der Waals surface area contributed by atoms with Crippen molar-refractivity contribution in [2.45, 2.75) is 10.8 Å². The number of hydrogen-bond acceptors (Lipinski definition) is 8. The summed E-state index contributed by atoms with van der Waals surface area (Å²) < 4.78 is 37.1. The molecule has 12 heteroatoms. The Morgan fingerprint density at radius 2 is 1.53 bits per heavy atom. The fourth-order valence-corrected chi connectivity index (χ4v) is 5.21. The maximum Gasteiger partial charge on any atom is 0.338 e. The van der Waals surface area contributed by atoms with Crippen molar-refractivity contribution in [3.8, 4) is 0 Å². The van der Waals surface area contributed by atoms with Crippen LogP contribution in [0.3, 0.4) is 0 Å². The first-order valence-corrected chi connectivity index (χ1v) is 12.3. The first-order valence-electron chi connectivity index (χ1n) is 9.67. The fraction of sp³-hybridized carbons (Fsp3) is 0.136. The second-order valence-electron chi connectivity index (χ2n) is 6.78.